The molecule has 2 heterocycles. The quantitative estimate of drug-likeness (QED) is 0.314. The SMILES string of the molecule is CCN1C(=O)c2ccc(Nc3nc(Nc4ccccc4S(=O)(=O)O)nc(=O)[nH]3)cc2C1=O. The number of benzene rings is 2. The summed E-state index contributed by atoms with van der Waals surface area (Å²) in [5.41, 5.74) is 0.0506. The molecule has 2 amide bonds. The van der Waals surface area contributed by atoms with E-state index in [-0.39, 0.29) is 41.2 Å². The summed E-state index contributed by atoms with van der Waals surface area (Å²) in [5, 5.41) is 5.40. The Bertz CT molecular complexity index is 1420. The summed E-state index contributed by atoms with van der Waals surface area (Å²) in [7, 11) is -4.53. The van der Waals surface area contributed by atoms with E-state index < -0.39 is 26.6 Å². The van der Waals surface area contributed by atoms with Crippen LogP contribution in [0, 0.1) is 0 Å². The molecule has 0 unspecified atom stereocenters. The first-order valence-corrected chi connectivity index (χ1v) is 10.7. The van der Waals surface area contributed by atoms with Crippen LogP contribution in [0.4, 0.5) is 23.3 Å². The van der Waals surface area contributed by atoms with E-state index in [2.05, 4.69) is 25.6 Å². The molecule has 1 aliphatic heterocycles. The third-order valence-electron chi connectivity index (χ3n) is 4.61. The van der Waals surface area contributed by atoms with Crippen molar-refractivity contribution < 1.29 is 22.6 Å². The van der Waals surface area contributed by atoms with Crippen molar-refractivity contribution in [3.05, 3.63) is 64.1 Å². The van der Waals surface area contributed by atoms with Crippen LogP contribution in [0.1, 0.15) is 27.6 Å². The molecule has 0 fully saturated rings. The molecule has 0 atom stereocenters. The summed E-state index contributed by atoms with van der Waals surface area (Å²) < 4.78 is 32.5. The van der Waals surface area contributed by atoms with Gasteiger partial charge in [-0.3, -0.25) is 24.0 Å². The van der Waals surface area contributed by atoms with Crippen molar-refractivity contribution in [3.63, 3.8) is 0 Å². The zero-order chi connectivity index (χ0) is 23.0. The van der Waals surface area contributed by atoms with E-state index >= 15 is 0 Å². The number of anilines is 4. The first-order valence-electron chi connectivity index (χ1n) is 9.26. The third kappa shape index (κ3) is 3.93. The molecular formula is C19H16N6O6S. The average Bonchev–Trinajstić information content (AvgIpc) is 2.96. The Kier molecular flexibility index (Phi) is 5.20. The highest BCUT2D eigenvalue weighted by Crippen LogP contribution is 2.27. The van der Waals surface area contributed by atoms with Crippen LogP contribution in [0.5, 0.6) is 0 Å². The van der Waals surface area contributed by atoms with Crippen LogP contribution >= 0.6 is 0 Å². The number of nitrogens with zero attached hydrogens (tertiary/aromatic N) is 3. The van der Waals surface area contributed by atoms with E-state index in [1.54, 1.807) is 13.0 Å². The summed E-state index contributed by atoms with van der Waals surface area (Å²) >= 11 is 0. The third-order valence-corrected chi connectivity index (χ3v) is 5.52. The van der Waals surface area contributed by atoms with Gasteiger partial charge < -0.3 is 10.6 Å². The minimum atomic E-state index is -4.53. The molecule has 164 valence electrons. The molecule has 2 aromatic carbocycles. The van der Waals surface area contributed by atoms with Gasteiger partial charge in [-0.2, -0.15) is 18.4 Å². The normalized spacial score (nSPS) is 13.2. The number of H-pyrrole nitrogens is 1. The summed E-state index contributed by atoms with van der Waals surface area (Å²) in [6, 6.07) is 9.98. The molecular weight excluding hydrogens is 440 g/mol. The summed E-state index contributed by atoms with van der Waals surface area (Å²) in [4.78, 5) is 47.4. The van der Waals surface area contributed by atoms with Crippen LogP contribution in [-0.2, 0) is 10.1 Å². The Morgan fingerprint density at radius 2 is 1.72 bits per heavy atom. The number of carbonyl (C=O) groups excluding carboxylic acids is 2. The second-order valence-corrected chi connectivity index (χ2v) is 8.05. The van der Waals surface area contributed by atoms with Gasteiger partial charge in [-0.1, -0.05) is 12.1 Å². The van der Waals surface area contributed by atoms with Gasteiger partial charge in [0, 0.05) is 12.2 Å². The van der Waals surface area contributed by atoms with Gasteiger partial charge in [0.15, 0.2) is 0 Å². The van der Waals surface area contributed by atoms with Crippen LogP contribution in [0.2, 0.25) is 0 Å². The maximum absolute atomic E-state index is 12.4. The zero-order valence-electron chi connectivity index (χ0n) is 16.5. The van der Waals surface area contributed by atoms with Crippen LogP contribution in [-0.4, -0.2) is 51.2 Å². The first-order chi connectivity index (χ1) is 15.2. The maximum Gasteiger partial charge on any atom is 0.351 e. The number of rotatable bonds is 6. The number of aromatic amines is 1. The fourth-order valence-corrected chi connectivity index (χ4v) is 3.85. The van der Waals surface area contributed by atoms with Crippen LogP contribution in [0.3, 0.4) is 0 Å². The first kappa shape index (κ1) is 21.1. The molecule has 0 saturated carbocycles. The highest BCUT2D eigenvalue weighted by Gasteiger charge is 2.34. The number of nitrogens with one attached hydrogen (secondary N) is 3. The molecule has 32 heavy (non-hydrogen) atoms. The molecule has 12 nitrogen and oxygen atoms in total. The Morgan fingerprint density at radius 3 is 2.44 bits per heavy atom. The molecule has 4 N–H and O–H groups in total. The largest absolute Gasteiger partial charge is 0.351 e. The second kappa shape index (κ2) is 7.86. The molecule has 0 radical (unpaired) electrons. The minimum absolute atomic E-state index is 0.0344. The molecule has 0 spiro atoms. The van der Waals surface area contributed by atoms with Gasteiger partial charge in [0.25, 0.3) is 21.9 Å². The Labute approximate surface area is 181 Å². The van der Waals surface area contributed by atoms with Crippen LogP contribution < -0.4 is 16.3 Å². The summed E-state index contributed by atoms with van der Waals surface area (Å²) in [6.45, 7) is 1.94. The lowest BCUT2D eigenvalue weighted by atomic mass is 10.1. The fourth-order valence-electron chi connectivity index (χ4n) is 3.21. The Morgan fingerprint density at radius 1 is 1.00 bits per heavy atom. The number of hydrogen-bond donors (Lipinski definition) is 4. The lowest BCUT2D eigenvalue weighted by Crippen LogP contribution is -2.29. The van der Waals surface area contributed by atoms with Crippen molar-refractivity contribution in [1.29, 1.82) is 0 Å². The van der Waals surface area contributed by atoms with Crippen molar-refractivity contribution in [1.82, 2.24) is 19.9 Å². The number of aromatic nitrogens is 3. The highest BCUT2D eigenvalue weighted by atomic mass is 32.2. The Hall–Kier alpha value is -4.10. The van der Waals surface area contributed by atoms with Crippen molar-refractivity contribution in [2.45, 2.75) is 11.8 Å². The summed E-state index contributed by atoms with van der Waals surface area (Å²) in [6.07, 6.45) is 0. The van der Waals surface area contributed by atoms with Gasteiger partial charge in [0.05, 0.1) is 16.8 Å². The predicted octanol–water partition coefficient (Wildman–Crippen LogP) is 1.51. The van der Waals surface area contributed by atoms with E-state index in [1.807, 2.05) is 0 Å². The molecule has 1 aliphatic rings. The zero-order valence-corrected chi connectivity index (χ0v) is 17.3. The number of amides is 2. The topological polar surface area (TPSA) is 174 Å². The van der Waals surface area contributed by atoms with Crippen LogP contribution in [0.25, 0.3) is 0 Å². The molecule has 3 aromatic rings. The molecule has 1 aromatic heterocycles. The second-order valence-electron chi connectivity index (χ2n) is 6.66. The number of fused-ring (bicyclic) bond motifs is 1. The van der Waals surface area contributed by atoms with E-state index in [9.17, 15) is 27.4 Å². The molecule has 0 saturated heterocycles. The van der Waals surface area contributed by atoms with Crippen LogP contribution in [0.15, 0.2) is 52.2 Å². The van der Waals surface area contributed by atoms with Gasteiger partial charge in [-0.25, -0.2) is 4.79 Å². The average molecular weight is 456 g/mol. The van der Waals surface area contributed by atoms with Crippen molar-refractivity contribution >= 4 is 45.2 Å². The van der Waals surface area contributed by atoms with E-state index in [0.717, 1.165) is 4.90 Å². The van der Waals surface area contributed by atoms with E-state index in [0.29, 0.717) is 5.69 Å². The number of hydrogen-bond acceptors (Lipinski definition) is 9. The standard InChI is InChI=1S/C19H16N6O6S/c1-2-25-15(26)11-8-7-10(9-12(11)16(25)27)20-17-22-18(24-19(28)23-17)21-13-5-3-4-6-14(13)32(29,30)31/h3-9H,2H2,1H3,(H,29,30,31)(H3,20,21,22,23,24,28). The number of imide groups is 1. The number of carbonyl (C=O) groups is 2. The molecule has 0 aliphatic carbocycles. The van der Waals surface area contributed by atoms with Gasteiger partial charge in [0.1, 0.15) is 4.90 Å². The predicted molar refractivity (Wildman–Crippen MR) is 113 cm³/mol. The van der Waals surface area contributed by atoms with E-state index in [4.69, 9.17) is 0 Å². The fraction of sp³-hybridized carbons (Fsp3) is 0.105. The molecule has 13 heteroatoms. The van der Waals surface area contributed by atoms with Gasteiger partial charge in [0.2, 0.25) is 11.9 Å². The number of para-hydroxylation sites is 1. The van der Waals surface area contributed by atoms with Crippen molar-refractivity contribution in [2.75, 3.05) is 17.2 Å². The minimum Gasteiger partial charge on any atom is -0.326 e. The summed E-state index contributed by atoms with van der Waals surface area (Å²) in [5.74, 6) is -1.09. The van der Waals surface area contributed by atoms with Crippen molar-refractivity contribution in [3.8, 4) is 0 Å². The molecule has 0 bridgehead atoms. The van der Waals surface area contributed by atoms with Gasteiger partial charge in [-0.05, 0) is 37.3 Å². The monoisotopic (exact) mass is 456 g/mol. The van der Waals surface area contributed by atoms with Gasteiger partial charge in [-0.15, -0.1) is 0 Å². The van der Waals surface area contributed by atoms with Crippen molar-refractivity contribution in [2.24, 2.45) is 0 Å². The van der Waals surface area contributed by atoms with E-state index in [1.165, 1.54) is 36.4 Å². The highest BCUT2D eigenvalue weighted by molar-refractivity contribution is 7.86. The lowest BCUT2D eigenvalue weighted by Gasteiger charge is -2.10. The smallest absolute Gasteiger partial charge is 0.326 e. The maximum atomic E-state index is 12.4. The van der Waals surface area contributed by atoms with Gasteiger partial charge >= 0.3 is 5.69 Å². The Balaban J connectivity index is 1.63. The molecule has 4 rings (SSSR count). The lowest BCUT2D eigenvalue weighted by molar-refractivity contribution is 0.0663.